The molecule has 270 valence electrons. The van der Waals surface area contributed by atoms with Gasteiger partial charge in [0.15, 0.2) is 17.5 Å². The minimum Gasteiger partial charge on any atom is -0.456 e. The highest BCUT2D eigenvalue weighted by Gasteiger charge is 2.21. The maximum atomic E-state index is 9.22. The summed E-state index contributed by atoms with van der Waals surface area (Å²) in [5.41, 5.74) is 7.67. The lowest BCUT2D eigenvalue weighted by atomic mass is 9.92. The summed E-state index contributed by atoms with van der Waals surface area (Å²) in [6.45, 7) is 0. The molecule has 0 spiro atoms. The summed E-state index contributed by atoms with van der Waals surface area (Å²) in [6.07, 6.45) is 0. The lowest BCUT2D eigenvalue weighted by Crippen LogP contribution is -2.01. The van der Waals surface area contributed by atoms with E-state index in [1.54, 1.807) is 0 Å². The second kappa shape index (κ2) is 12.8. The quantitative estimate of drug-likeness (QED) is 0.175. The van der Waals surface area contributed by atoms with Crippen LogP contribution in [-0.2, 0) is 0 Å². The molecule has 5 nitrogen and oxygen atoms in total. The predicted octanol–water partition coefficient (Wildman–Crippen LogP) is 14.3. The van der Waals surface area contributed by atoms with Crippen molar-refractivity contribution in [1.82, 2.24) is 15.0 Å². The number of nitrogens with zero attached hydrogens (tertiary/aromatic N) is 3. The van der Waals surface area contributed by atoms with Crippen LogP contribution in [0.1, 0.15) is 6.85 Å². The van der Waals surface area contributed by atoms with Crippen molar-refractivity contribution in [2.45, 2.75) is 0 Å². The zero-order valence-electron chi connectivity index (χ0n) is 35.7. The molecule has 0 saturated heterocycles. The van der Waals surface area contributed by atoms with Crippen LogP contribution in [0.2, 0.25) is 0 Å². The van der Waals surface area contributed by atoms with Crippen molar-refractivity contribution in [2.24, 2.45) is 0 Å². The highest BCUT2D eigenvalue weighted by atomic mass is 16.3. The van der Waals surface area contributed by atoms with Crippen LogP contribution in [0.25, 0.3) is 122 Å². The Morgan fingerprint density at radius 3 is 1.84 bits per heavy atom. The lowest BCUT2D eigenvalue weighted by molar-refractivity contribution is 0.668. The Hall–Kier alpha value is -7.89. The van der Waals surface area contributed by atoms with Crippen molar-refractivity contribution in [3.05, 3.63) is 188 Å². The molecule has 12 aromatic rings. The van der Waals surface area contributed by atoms with E-state index in [1.807, 2.05) is 97.1 Å². The molecule has 5 heteroatoms. The summed E-state index contributed by atoms with van der Waals surface area (Å²) < 4.78 is 55.7. The number of furan rings is 2. The SMILES string of the molecule is [2H]c1cc2c(oc3c([2H])cc([2H])c(-c4ccc(-c5nc(-c6ccc7cc(-c8ccccc8)ccc7c6)nc(-c6cccc7oc8ccccc8c67)n5)c5ccccc45)c32)c([2H])c1[2H]. The molecular weight excluding hydrogens is 711 g/mol. The van der Waals surface area contributed by atoms with Crippen LogP contribution in [0.15, 0.2) is 197 Å². The van der Waals surface area contributed by atoms with Gasteiger partial charge < -0.3 is 8.83 Å². The van der Waals surface area contributed by atoms with Crippen molar-refractivity contribution in [3.8, 4) is 56.4 Å². The second-order valence-electron chi connectivity index (χ2n) is 14.3. The first-order chi connectivity index (χ1) is 30.8. The van der Waals surface area contributed by atoms with Gasteiger partial charge in [0.25, 0.3) is 0 Å². The first kappa shape index (κ1) is 27.7. The minimum absolute atomic E-state index is 0.00988. The Balaban J connectivity index is 1.09. The molecular formula is C53H31N3O2. The molecule has 0 amide bonds. The Labute approximate surface area is 339 Å². The topological polar surface area (TPSA) is 65.0 Å². The zero-order chi connectivity index (χ0) is 42.5. The zero-order valence-corrected chi connectivity index (χ0v) is 30.7. The number of aromatic nitrogens is 3. The van der Waals surface area contributed by atoms with Crippen LogP contribution < -0.4 is 0 Å². The van der Waals surface area contributed by atoms with Crippen LogP contribution in [-0.4, -0.2) is 15.0 Å². The Morgan fingerprint density at radius 2 is 0.983 bits per heavy atom. The lowest BCUT2D eigenvalue weighted by Gasteiger charge is -2.14. The fourth-order valence-electron chi connectivity index (χ4n) is 8.30. The first-order valence-corrected chi connectivity index (χ1v) is 19.0. The first-order valence-electron chi connectivity index (χ1n) is 21.5. The van der Waals surface area contributed by atoms with Gasteiger partial charge in [-0.2, -0.15) is 0 Å². The number of hydrogen-bond acceptors (Lipinski definition) is 5. The molecule has 0 aliphatic rings. The molecule has 12 rings (SSSR count). The molecule has 3 aromatic heterocycles. The maximum absolute atomic E-state index is 9.22. The smallest absolute Gasteiger partial charge is 0.164 e. The number of fused-ring (bicyclic) bond motifs is 8. The molecule has 0 radical (unpaired) electrons. The highest BCUT2D eigenvalue weighted by molar-refractivity contribution is 6.16. The summed E-state index contributed by atoms with van der Waals surface area (Å²) in [6, 6.07) is 51.1. The summed E-state index contributed by atoms with van der Waals surface area (Å²) in [4.78, 5) is 15.6. The number of hydrogen-bond donors (Lipinski definition) is 0. The molecule has 0 aliphatic heterocycles. The summed E-state index contributed by atoms with van der Waals surface area (Å²) >= 11 is 0. The Bertz CT molecular complexity index is 3880. The minimum atomic E-state index is -0.260. The van der Waals surface area contributed by atoms with Crippen LogP contribution >= 0.6 is 0 Å². The second-order valence-corrected chi connectivity index (χ2v) is 14.3. The van der Waals surface area contributed by atoms with Gasteiger partial charge in [-0.15, -0.1) is 0 Å². The van der Waals surface area contributed by atoms with Crippen molar-refractivity contribution in [2.75, 3.05) is 0 Å². The summed E-state index contributed by atoms with van der Waals surface area (Å²) in [5, 5.41) is 6.51. The van der Waals surface area contributed by atoms with E-state index < -0.39 is 0 Å². The maximum Gasteiger partial charge on any atom is 0.164 e. The van der Waals surface area contributed by atoms with Crippen LogP contribution in [0.3, 0.4) is 0 Å². The molecule has 0 N–H and O–H groups in total. The monoisotopic (exact) mass is 746 g/mol. The molecule has 0 fully saturated rings. The third-order valence-electron chi connectivity index (χ3n) is 11.0. The van der Waals surface area contributed by atoms with Crippen molar-refractivity contribution in [3.63, 3.8) is 0 Å². The molecule has 9 aromatic carbocycles. The van der Waals surface area contributed by atoms with E-state index in [0.717, 1.165) is 71.3 Å². The normalized spacial score (nSPS) is 13.0. The molecule has 0 unspecified atom stereocenters. The number of para-hydroxylation sites is 2. The Morgan fingerprint density at radius 1 is 0.345 bits per heavy atom. The standard InChI is InChI=1S/C53H31N3O2/c1-2-12-32(13-3-1)33-24-25-35-31-36(27-26-34(35)30-33)51-54-52(56-53(55-51)44-19-11-23-48-50(44)43-17-7-9-21-46(43)58-48)41-29-28-39(37-14-4-5-15-38(37)41)40-18-10-22-47-49(40)42-16-6-8-20-45(42)57-47/h1-31H/i6D,8D,18D,20D,22D. The van der Waals surface area contributed by atoms with E-state index >= 15 is 0 Å². The van der Waals surface area contributed by atoms with E-state index in [9.17, 15) is 1.37 Å². The molecule has 0 bridgehead atoms. The van der Waals surface area contributed by atoms with E-state index in [-0.39, 0.29) is 41.4 Å². The fraction of sp³-hybridized carbons (Fsp3) is 0. The van der Waals surface area contributed by atoms with Gasteiger partial charge in [-0.05, 0) is 86.2 Å². The van der Waals surface area contributed by atoms with Gasteiger partial charge in [0.2, 0.25) is 0 Å². The predicted molar refractivity (Wildman–Crippen MR) is 237 cm³/mol. The molecule has 0 saturated carbocycles. The van der Waals surface area contributed by atoms with E-state index in [2.05, 4.69) is 48.5 Å². The summed E-state index contributed by atoms with van der Waals surface area (Å²) in [5.74, 6) is 1.44. The molecule has 0 atom stereocenters. The van der Waals surface area contributed by atoms with Crippen molar-refractivity contribution in [1.29, 1.82) is 0 Å². The molecule has 58 heavy (non-hydrogen) atoms. The molecule has 3 heterocycles. The van der Waals surface area contributed by atoms with E-state index in [1.165, 1.54) is 12.1 Å². The Kier molecular flexibility index (Phi) is 6.12. The van der Waals surface area contributed by atoms with Crippen LogP contribution in [0.5, 0.6) is 0 Å². The van der Waals surface area contributed by atoms with E-state index in [0.29, 0.717) is 39.4 Å². The van der Waals surface area contributed by atoms with Gasteiger partial charge in [0.1, 0.15) is 22.3 Å². The van der Waals surface area contributed by atoms with Crippen LogP contribution in [0, 0.1) is 0 Å². The van der Waals surface area contributed by atoms with Gasteiger partial charge in [-0.3, -0.25) is 0 Å². The highest BCUT2D eigenvalue weighted by Crippen LogP contribution is 2.42. The van der Waals surface area contributed by atoms with Crippen molar-refractivity contribution >= 4 is 65.4 Å². The van der Waals surface area contributed by atoms with Crippen LogP contribution in [0.4, 0.5) is 0 Å². The molecule has 0 aliphatic carbocycles. The summed E-state index contributed by atoms with van der Waals surface area (Å²) in [7, 11) is 0. The van der Waals surface area contributed by atoms with Crippen molar-refractivity contribution < 1.29 is 15.7 Å². The fourth-order valence-corrected chi connectivity index (χ4v) is 8.30. The number of benzene rings is 9. The van der Waals surface area contributed by atoms with Gasteiger partial charge in [0, 0.05) is 38.2 Å². The van der Waals surface area contributed by atoms with Gasteiger partial charge >= 0.3 is 0 Å². The average Bonchev–Trinajstić information content (AvgIpc) is 3.90. The number of rotatable bonds is 5. The van der Waals surface area contributed by atoms with E-state index in [4.69, 9.17) is 29.3 Å². The average molecular weight is 747 g/mol. The third kappa shape index (κ3) is 5.14. The largest absolute Gasteiger partial charge is 0.456 e. The van der Waals surface area contributed by atoms with Gasteiger partial charge in [0.05, 0.1) is 6.85 Å². The van der Waals surface area contributed by atoms with Gasteiger partial charge in [-0.1, -0.05) is 146 Å². The third-order valence-corrected chi connectivity index (χ3v) is 11.0. The van der Waals surface area contributed by atoms with Gasteiger partial charge in [-0.25, -0.2) is 15.0 Å².